The summed E-state index contributed by atoms with van der Waals surface area (Å²) in [4.78, 5) is 0. The van der Waals surface area contributed by atoms with E-state index in [0.29, 0.717) is 15.3 Å². The van der Waals surface area contributed by atoms with Crippen LogP contribution in [-0.2, 0) is 0 Å². The molecule has 1 rings (SSSR count). The number of benzene rings is 1. The third-order valence-corrected chi connectivity index (χ3v) is 4.32. The van der Waals surface area contributed by atoms with Gasteiger partial charge in [0.2, 0.25) is 0 Å². The van der Waals surface area contributed by atoms with Crippen LogP contribution in [0.4, 0.5) is 0 Å². The second kappa shape index (κ2) is 4.55. The first-order valence-electron chi connectivity index (χ1n) is 2.77. The van der Waals surface area contributed by atoms with Crippen LogP contribution >= 0.6 is 65.6 Å². The molecule has 1 unspecified atom stereocenters. The summed E-state index contributed by atoms with van der Waals surface area (Å²) < 4.78 is 0. The van der Waals surface area contributed by atoms with Crippen molar-refractivity contribution in [2.24, 2.45) is 0 Å². The molecule has 0 aliphatic carbocycles. The number of halogens is 5. The van der Waals surface area contributed by atoms with E-state index in [-0.39, 0.29) is 18.0 Å². The molecule has 12 heavy (non-hydrogen) atoms. The van der Waals surface area contributed by atoms with E-state index < -0.39 is 0 Å². The molecule has 0 aliphatic rings. The SMILES string of the molecule is ClPc1cc(Cl)c(Cl)c(Cl)c1Cl. The van der Waals surface area contributed by atoms with Crippen molar-refractivity contribution in [2.75, 3.05) is 0 Å². The lowest BCUT2D eigenvalue weighted by Crippen LogP contribution is -1.95. The molecule has 1 atom stereocenters. The molecule has 0 fully saturated rings. The molecule has 0 saturated carbocycles. The third-order valence-electron chi connectivity index (χ3n) is 1.20. The van der Waals surface area contributed by atoms with Crippen LogP contribution in [0, 0.1) is 0 Å². The van der Waals surface area contributed by atoms with Crippen LogP contribution in [0.5, 0.6) is 0 Å². The van der Waals surface area contributed by atoms with E-state index in [0.717, 1.165) is 0 Å². The molecule has 0 amide bonds. The first-order chi connectivity index (χ1) is 5.57. The molecule has 0 nitrogen and oxygen atoms in total. The highest BCUT2D eigenvalue weighted by Gasteiger charge is 2.12. The lowest BCUT2D eigenvalue weighted by atomic mass is 10.3. The van der Waals surface area contributed by atoms with Gasteiger partial charge >= 0.3 is 0 Å². The van der Waals surface area contributed by atoms with Gasteiger partial charge in [-0.15, -0.1) is 0 Å². The van der Waals surface area contributed by atoms with Gasteiger partial charge in [-0.2, -0.15) is 0 Å². The van der Waals surface area contributed by atoms with Gasteiger partial charge in [-0.05, 0) is 6.07 Å². The first kappa shape index (κ1) is 11.2. The molecular weight excluding hydrogens is 280 g/mol. The molecule has 6 heteroatoms. The zero-order valence-electron chi connectivity index (χ0n) is 5.47. The number of hydrogen-bond acceptors (Lipinski definition) is 0. The minimum absolute atomic E-state index is 0.0308. The largest absolute Gasteiger partial charge is 0.0948 e. The highest BCUT2D eigenvalue weighted by molar-refractivity contribution is 7.75. The van der Waals surface area contributed by atoms with Crippen LogP contribution in [-0.4, -0.2) is 0 Å². The summed E-state index contributed by atoms with van der Waals surface area (Å²) in [7, 11) is 0.0308. The standard InChI is InChI=1S/C6H2Cl5P/c7-2-1-3(12-11)5(9)6(10)4(2)8/h1,12H. The zero-order chi connectivity index (χ0) is 9.30. The van der Waals surface area contributed by atoms with Crippen molar-refractivity contribution < 1.29 is 0 Å². The molecule has 0 heterocycles. The Balaban J connectivity index is 3.39. The molecule has 0 aliphatic heterocycles. The van der Waals surface area contributed by atoms with E-state index in [2.05, 4.69) is 0 Å². The fraction of sp³-hybridized carbons (Fsp3) is 0. The second-order valence-electron chi connectivity index (χ2n) is 1.94. The van der Waals surface area contributed by atoms with E-state index in [1.165, 1.54) is 0 Å². The van der Waals surface area contributed by atoms with E-state index in [9.17, 15) is 0 Å². The van der Waals surface area contributed by atoms with E-state index in [1.807, 2.05) is 0 Å². The summed E-state index contributed by atoms with van der Waals surface area (Å²) in [6.07, 6.45) is 0. The van der Waals surface area contributed by atoms with Gasteiger partial charge in [0.1, 0.15) is 0 Å². The molecule has 0 spiro atoms. The van der Waals surface area contributed by atoms with Gasteiger partial charge in [0.05, 0.1) is 20.1 Å². The van der Waals surface area contributed by atoms with E-state index in [1.54, 1.807) is 6.07 Å². The quantitative estimate of drug-likeness (QED) is 0.396. The maximum absolute atomic E-state index is 5.82. The molecule has 0 N–H and O–H groups in total. The van der Waals surface area contributed by atoms with Gasteiger partial charge < -0.3 is 0 Å². The predicted octanol–water partition coefficient (Wildman–Crippen LogP) is 4.76. The van der Waals surface area contributed by atoms with Crippen LogP contribution in [0.3, 0.4) is 0 Å². The average molecular weight is 282 g/mol. The van der Waals surface area contributed by atoms with E-state index in [4.69, 9.17) is 57.6 Å². The van der Waals surface area contributed by atoms with Crippen LogP contribution in [0.2, 0.25) is 20.1 Å². The minimum atomic E-state index is 0.0308. The van der Waals surface area contributed by atoms with Crippen molar-refractivity contribution in [3.05, 3.63) is 26.2 Å². The maximum atomic E-state index is 5.82. The number of rotatable bonds is 1. The summed E-state index contributed by atoms with van der Waals surface area (Å²) in [5, 5.41) is 1.97. The third kappa shape index (κ3) is 2.12. The monoisotopic (exact) mass is 280 g/mol. The molecule has 0 aromatic heterocycles. The van der Waals surface area contributed by atoms with Gasteiger partial charge in [0, 0.05) is 13.2 Å². The molecule has 0 radical (unpaired) electrons. The van der Waals surface area contributed by atoms with Crippen LogP contribution < -0.4 is 5.30 Å². The van der Waals surface area contributed by atoms with Crippen molar-refractivity contribution >= 4 is 70.9 Å². The Morgan fingerprint density at radius 2 is 1.50 bits per heavy atom. The Hall–Kier alpha value is 1.10. The lowest BCUT2D eigenvalue weighted by molar-refractivity contribution is 1.76. The Labute approximate surface area is 96.7 Å². The van der Waals surface area contributed by atoms with Gasteiger partial charge in [-0.1, -0.05) is 57.6 Å². The smallest absolute Gasteiger partial charge is 0.0800 e. The molecule has 0 saturated heterocycles. The summed E-state index contributed by atoms with van der Waals surface area (Å²) in [5.74, 6) is 0. The summed E-state index contributed by atoms with van der Waals surface area (Å²) in [6, 6.07) is 1.61. The molecule has 1 aromatic rings. The summed E-state index contributed by atoms with van der Waals surface area (Å²) in [6.45, 7) is 0. The summed E-state index contributed by atoms with van der Waals surface area (Å²) >= 11 is 28.7. The fourth-order valence-corrected chi connectivity index (χ4v) is 2.76. The molecule has 66 valence electrons. The Morgan fingerprint density at radius 3 is 2.00 bits per heavy atom. The van der Waals surface area contributed by atoms with Gasteiger partial charge in [0.25, 0.3) is 0 Å². The van der Waals surface area contributed by atoms with Crippen molar-refractivity contribution in [1.29, 1.82) is 0 Å². The Morgan fingerprint density at radius 1 is 0.917 bits per heavy atom. The zero-order valence-corrected chi connectivity index (χ0v) is 10.2. The van der Waals surface area contributed by atoms with Crippen LogP contribution in [0.25, 0.3) is 0 Å². The van der Waals surface area contributed by atoms with Crippen LogP contribution in [0.15, 0.2) is 6.07 Å². The Kier molecular flexibility index (Phi) is 4.24. The lowest BCUT2D eigenvalue weighted by Gasteiger charge is -2.05. The van der Waals surface area contributed by atoms with Gasteiger partial charge in [0.15, 0.2) is 0 Å². The predicted molar refractivity (Wildman–Crippen MR) is 60.3 cm³/mol. The van der Waals surface area contributed by atoms with Crippen molar-refractivity contribution in [3.8, 4) is 0 Å². The van der Waals surface area contributed by atoms with Crippen LogP contribution in [0.1, 0.15) is 0 Å². The normalized spacial score (nSPS) is 11.4. The highest BCUT2D eigenvalue weighted by Crippen LogP contribution is 2.37. The molecular formula is C6H2Cl5P. The van der Waals surface area contributed by atoms with Gasteiger partial charge in [-0.3, -0.25) is 0 Å². The fourth-order valence-electron chi connectivity index (χ4n) is 0.642. The first-order valence-corrected chi connectivity index (χ1v) is 6.30. The number of hydrogen-bond donors (Lipinski definition) is 0. The molecule has 0 bridgehead atoms. The van der Waals surface area contributed by atoms with Crippen molar-refractivity contribution in [3.63, 3.8) is 0 Å². The second-order valence-corrected chi connectivity index (χ2v) is 4.78. The average Bonchev–Trinajstić information content (AvgIpc) is 2.08. The van der Waals surface area contributed by atoms with Crippen molar-refractivity contribution in [1.82, 2.24) is 0 Å². The van der Waals surface area contributed by atoms with E-state index >= 15 is 0 Å². The Bertz CT molecular complexity index is 311. The molecule has 1 aromatic carbocycles. The highest BCUT2D eigenvalue weighted by atomic mass is 35.7. The summed E-state index contributed by atoms with van der Waals surface area (Å²) in [5.41, 5.74) is 0. The topological polar surface area (TPSA) is 0 Å². The minimum Gasteiger partial charge on any atom is -0.0948 e. The van der Waals surface area contributed by atoms with Gasteiger partial charge in [-0.25, -0.2) is 0 Å². The maximum Gasteiger partial charge on any atom is 0.0800 e. The van der Waals surface area contributed by atoms with Crippen molar-refractivity contribution in [2.45, 2.75) is 0 Å².